The molecule has 0 spiro atoms. The number of rotatable bonds is 5. The Balaban J connectivity index is 1.40. The minimum atomic E-state index is -0.532. The SMILES string of the molecule is C[C@H](C(=O)Nc1ccc(F)c(Cl)c1)C12CC(NC(=O)c3ccc(Cl)c(Cl)c3)(C1)[C@@H]2C. The maximum absolute atomic E-state index is 13.3. The van der Waals surface area contributed by atoms with Crippen LogP contribution in [0.25, 0.3) is 0 Å². The number of carbonyl (C=O) groups is 2. The summed E-state index contributed by atoms with van der Waals surface area (Å²) in [6.07, 6.45) is 1.46. The zero-order valence-corrected chi connectivity index (χ0v) is 18.6. The molecule has 0 saturated heterocycles. The summed E-state index contributed by atoms with van der Waals surface area (Å²) in [5, 5.41) is 6.63. The van der Waals surface area contributed by atoms with Crippen molar-refractivity contribution < 1.29 is 14.0 Å². The molecule has 4 nitrogen and oxygen atoms in total. The molecule has 30 heavy (non-hydrogen) atoms. The van der Waals surface area contributed by atoms with Crippen LogP contribution in [-0.2, 0) is 4.79 Å². The van der Waals surface area contributed by atoms with Crippen LogP contribution in [0.5, 0.6) is 0 Å². The van der Waals surface area contributed by atoms with Gasteiger partial charge in [-0.1, -0.05) is 48.7 Å². The second-order valence-electron chi connectivity index (χ2n) is 8.39. The van der Waals surface area contributed by atoms with E-state index in [1.165, 1.54) is 18.2 Å². The van der Waals surface area contributed by atoms with Gasteiger partial charge in [0.2, 0.25) is 5.91 Å². The molecular weight excluding hydrogens is 450 g/mol. The van der Waals surface area contributed by atoms with Gasteiger partial charge in [0.1, 0.15) is 5.82 Å². The highest BCUT2D eigenvalue weighted by molar-refractivity contribution is 6.42. The van der Waals surface area contributed by atoms with Gasteiger partial charge in [-0.05, 0) is 60.6 Å². The molecule has 3 fully saturated rings. The Morgan fingerprint density at radius 3 is 2.37 bits per heavy atom. The zero-order valence-electron chi connectivity index (χ0n) is 16.4. The Morgan fingerprint density at radius 1 is 1.07 bits per heavy atom. The molecule has 158 valence electrons. The van der Waals surface area contributed by atoms with Crippen LogP contribution in [0.4, 0.5) is 10.1 Å². The molecule has 3 saturated carbocycles. The lowest BCUT2D eigenvalue weighted by Gasteiger charge is -2.77. The van der Waals surface area contributed by atoms with Gasteiger partial charge in [-0.2, -0.15) is 0 Å². The van der Waals surface area contributed by atoms with Crippen LogP contribution in [0.2, 0.25) is 15.1 Å². The topological polar surface area (TPSA) is 58.2 Å². The molecule has 5 rings (SSSR count). The van der Waals surface area contributed by atoms with Gasteiger partial charge < -0.3 is 10.6 Å². The van der Waals surface area contributed by atoms with Crippen LogP contribution in [0.1, 0.15) is 37.0 Å². The molecule has 0 heterocycles. The first kappa shape index (κ1) is 21.4. The second-order valence-corrected chi connectivity index (χ2v) is 9.61. The molecule has 2 aromatic rings. The Kier molecular flexibility index (Phi) is 5.28. The van der Waals surface area contributed by atoms with Crippen molar-refractivity contribution in [1.29, 1.82) is 0 Å². The molecule has 2 bridgehead atoms. The van der Waals surface area contributed by atoms with Gasteiger partial charge in [0.15, 0.2) is 0 Å². The smallest absolute Gasteiger partial charge is 0.251 e. The summed E-state index contributed by atoms with van der Waals surface area (Å²) in [6, 6.07) is 8.89. The van der Waals surface area contributed by atoms with E-state index in [9.17, 15) is 14.0 Å². The van der Waals surface area contributed by atoms with Crippen LogP contribution < -0.4 is 10.6 Å². The van der Waals surface area contributed by atoms with Crippen molar-refractivity contribution in [3.63, 3.8) is 0 Å². The number of anilines is 1. The molecule has 0 aliphatic heterocycles. The van der Waals surface area contributed by atoms with Crippen molar-refractivity contribution >= 4 is 52.3 Å². The summed E-state index contributed by atoms with van der Waals surface area (Å²) in [4.78, 5) is 25.4. The van der Waals surface area contributed by atoms with E-state index in [1.54, 1.807) is 18.2 Å². The summed E-state index contributed by atoms with van der Waals surface area (Å²) >= 11 is 17.7. The van der Waals surface area contributed by atoms with E-state index in [1.807, 2.05) is 6.92 Å². The van der Waals surface area contributed by atoms with E-state index >= 15 is 0 Å². The van der Waals surface area contributed by atoms with Gasteiger partial charge in [-0.3, -0.25) is 9.59 Å². The summed E-state index contributed by atoms with van der Waals surface area (Å²) in [5.74, 6) is -0.995. The predicted octanol–water partition coefficient (Wildman–Crippen LogP) is 5.96. The first-order valence-corrected chi connectivity index (χ1v) is 10.7. The van der Waals surface area contributed by atoms with Crippen molar-refractivity contribution in [2.75, 3.05) is 5.32 Å². The lowest BCUT2D eigenvalue weighted by molar-refractivity contribution is -0.239. The number of carbonyl (C=O) groups excluding carboxylic acids is 2. The summed E-state index contributed by atoms with van der Waals surface area (Å²) < 4.78 is 13.3. The van der Waals surface area contributed by atoms with E-state index in [0.29, 0.717) is 21.3 Å². The fourth-order valence-corrected chi connectivity index (χ4v) is 5.40. The normalized spacial score (nSPS) is 27.5. The molecule has 8 heteroatoms. The average molecular weight is 470 g/mol. The van der Waals surface area contributed by atoms with E-state index < -0.39 is 5.82 Å². The summed E-state index contributed by atoms with van der Waals surface area (Å²) in [7, 11) is 0. The predicted molar refractivity (Wildman–Crippen MR) is 117 cm³/mol. The molecule has 0 unspecified atom stereocenters. The minimum Gasteiger partial charge on any atom is -0.346 e. The summed E-state index contributed by atoms with van der Waals surface area (Å²) in [6.45, 7) is 3.95. The first-order chi connectivity index (χ1) is 14.1. The lowest BCUT2D eigenvalue weighted by atomic mass is 9.30. The molecular formula is C22H20Cl3FN2O2. The maximum Gasteiger partial charge on any atom is 0.251 e. The molecule has 0 aromatic heterocycles. The van der Waals surface area contributed by atoms with Crippen LogP contribution in [0.3, 0.4) is 0 Å². The third-order valence-electron chi connectivity index (χ3n) is 6.97. The van der Waals surface area contributed by atoms with Crippen molar-refractivity contribution in [3.05, 3.63) is 62.8 Å². The van der Waals surface area contributed by atoms with E-state index in [0.717, 1.165) is 12.8 Å². The van der Waals surface area contributed by atoms with Gasteiger partial charge in [-0.25, -0.2) is 4.39 Å². The number of nitrogens with one attached hydrogen (secondary N) is 2. The van der Waals surface area contributed by atoms with Gasteiger partial charge in [0, 0.05) is 22.7 Å². The van der Waals surface area contributed by atoms with Crippen LogP contribution in [0, 0.1) is 23.1 Å². The van der Waals surface area contributed by atoms with Crippen molar-refractivity contribution in [3.8, 4) is 0 Å². The van der Waals surface area contributed by atoms with Crippen molar-refractivity contribution in [2.45, 2.75) is 32.2 Å². The number of benzene rings is 2. The molecule has 2 atom stereocenters. The zero-order chi connectivity index (χ0) is 21.8. The monoisotopic (exact) mass is 468 g/mol. The van der Waals surface area contributed by atoms with Gasteiger partial charge in [0.25, 0.3) is 5.91 Å². The fourth-order valence-electron chi connectivity index (χ4n) is 4.92. The second kappa shape index (κ2) is 7.40. The maximum atomic E-state index is 13.3. The van der Waals surface area contributed by atoms with Gasteiger partial charge in [0.05, 0.1) is 15.1 Å². The largest absolute Gasteiger partial charge is 0.346 e. The van der Waals surface area contributed by atoms with E-state index in [-0.39, 0.29) is 39.6 Å². The molecule has 2 amide bonds. The third kappa shape index (κ3) is 3.28. The van der Waals surface area contributed by atoms with E-state index in [4.69, 9.17) is 34.8 Å². The fraction of sp³-hybridized carbons (Fsp3) is 0.364. The Bertz CT molecular complexity index is 1050. The molecule has 3 aliphatic carbocycles. The Labute approximate surface area is 189 Å². The first-order valence-electron chi connectivity index (χ1n) is 9.61. The summed E-state index contributed by atoms with van der Waals surface area (Å²) in [5.41, 5.74) is 0.435. The van der Waals surface area contributed by atoms with Crippen molar-refractivity contribution in [2.24, 2.45) is 17.3 Å². The number of amides is 2. The highest BCUT2D eigenvalue weighted by Crippen LogP contribution is 2.74. The lowest BCUT2D eigenvalue weighted by Crippen LogP contribution is -2.83. The van der Waals surface area contributed by atoms with Gasteiger partial charge in [-0.15, -0.1) is 0 Å². The van der Waals surface area contributed by atoms with Crippen LogP contribution in [0.15, 0.2) is 36.4 Å². The highest BCUT2D eigenvalue weighted by atomic mass is 35.5. The highest BCUT2D eigenvalue weighted by Gasteiger charge is 2.76. The Hall–Kier alpha value is -1.82. The number of hydrogen-bond acceptors (Lipinski definition) is 2. The molecule has 2 aromatic carbocycles. The average Bonchev–Trinajstić information content (AvgIpc) is 2.68. The molecule has 2 N–H and O–H groups in total. The number of hydrogen-bond donors (Lipinski definition) is 2. The quantitative estimate of drug-likeness (QED) is 0.568. The third-order valence-corrected chi connectivity index (χ3v) is 8.00. The van der Waals surface area contributed by atoms with Crippen molar-refractivity contribution in [1.82, 2.24) is 5.32 Å². The Morgan fingerprint density at radius 2 is 1.77 bits per heavy atom. The standard InChI is InChI=1S/C22H20Cl3FN2O2/c1-11(19(29)27-14-4-6-18(26)17(25)8-14)21-9-22(10-21,12(21)2)28-20(30)13-3-5-15(23)16(24)7-13/h3-8,11-12H,9-10H2,1-2H3,(H,27,29)(H,28,30)/t11-,12-,21?,22?/m1/s1. The minimum absolute atomic E-state index is 0.0386. The van der Waals surface area contributed by atoms with Crippen LogP contribution >= 0.6 is 34.8 Å². The van der Waals surface area contributed by atoms with E-state index in [2.05, 4.69) is 17.6 Å². The molecule has 0 radical (unpaired) electrons. The van der Waals surface area contributed by atoms with Crippen LogP contribution in [-0.4, -0.2) is 17.4 Å². The van der Waals surface area contributed by atoms with Gasteiger partial charge >= 0.3 is 0 Å². The molecule has 3 aliphatic rings. The number of halogens is 4.